The molecule has 0 aliphatic carbocycles. The third kappa shape index (κ3) is 3.56. The van der Waals surface area contributed by atoms with E-state index in [0.29, 0.717) is 6.61 Å². The molecule has 2 aromatic rings. The van der Waals surface area contributed by atoms with Crippen molar-refractivity contribution in [1.29, 1.82) is 0 Å². The molecule has 4 heteroatoms. The van der Waals surface area contributed by atoms with Crippen LogP contribution in [0.4, 0.5) is 0 Å². The summed E-state index contributed by atoms with van der Waals surface area (Å²) in [6.07, 6.45) is 0. The molecule has 0 N–H and O–H groups in total. The minimum absolute atomic E-state index is 0.491. The number of pyridine rings is 1. The minimum atomic E-state index is 0.491. The van der Waals surface area contributed by atoms with E-state index < -0.39 is 0 Å². The van der Waals surface area contributed by atoms with Crippen LogP contribution < -0.4 is 4.74 Å². The quantitative estimate of drug-likeness (QED) is 0.732. The third-order valence-electron chi connectivity index (χ3n) is 2.49. The number of benzene rings is 1. The highest BCUT2D eigenvalue weighted by Gasteiger charge is 2.02. The Bertz CT molecular complexity index is 543. The van der Waals surface area contributed by atoms with Gasteiger partial charge in [0.25, 0.3) is 0 Å². The summed E-state index contributed by atoms with van der Waals surface area (Å²) in [5.41, 5.74) is 3.12. The van der Waals surface area contributed by atoms with Crippen molar-refractivity contribution in [2.45, 2.75) is 18.9 Å². The highest BCUT2D eigenvalue weighted by molar-refractivity contribution is 9.10. The number of aryl methyl sites for hydroxylation is 1. The highest BCUT2D eigenvalue weighted by Crippen LogP contribution is 2.24. The lowest BCUT2D eigenvalue weighted by Crippen LogP contribution is -1.99. The second-order valence-electron chi connectivity index (χ2n) is 3.95. The lowest BCUT2D eigenvalue weighted by molar-refractivity contribution is 0.301. The Kier molecular flexibility index (Phi) is 4.78. The van der Waals surface area contributed by atoms with Gasteiger partial charge in [-0.25, -0.2) is 0 Å². The predicted molar refractivity (Wildman–Crippen MR) is 80.1 cm³/mol. The molecule has 94 valence electrons. The fraction of sp³-hybridized carbons (Fsp3) is 0.214. The van der Waals surface area contributed by atoms with Crippen molar-refractivity contribution in [2.24, 2.45) is 0 Å². The number of aromatic nitrogens is 1. The van der Waals surface area contributed by atoms with Crippen LogP contribution in [0, 0.1) is 6.92 Å². The summed E-state index contributed by atoms with van der Waals surface area (Å²) in [4.78, 5) is 4.40. The molecule has 0 fully saturated rings. The van der Waals surface area contributed by atoms with E-state index in [2.05, 4.69) is 36.8 Å². The predicted octanol–water partition coefficient (Wildman–Crippen LogP) is 4.63. The molecule has 1 aromatic heterocycles. The summed E-state index contributed by atoms with van der Waals surface area (Å²) in [5, 5.41) is 0.799. The SMILES string of the molecule is Cc1cccc(COc2ccc(Br)c(CBr)c2)n1. The van der Waals surface area contributed by atoms with E-state index in [4.69, 9.17) is 4.74 Å². The standard InChI is InChI=1S/C14H13Br2NO/c1-10-3-2-4-12(17-10)9-18-13-5-6-14(16)11(7-13)8-15/h2-7H,8-9H2,1H3. The van der Waals surface area contributed by atoms with Gasteiger partial charge in [-0.05, 0) is 42.8 Å². The van der Waals surface area contributed by atoms with Crippen molar-refractivity contribution in [3.63, 3.8) is 0 Å². The van der Waals surface area contributed by atoms with Crippen LogP contribution >= 0.6 is 31.9 Å². The van der Waals surface area contributed by atoms with Gasteiger partial charge in [0, 0.05) is 15.5 Å². The van der Waals surface area contributed by atoms with E-state index in [-0.39, 0.29) is 0 Å². The summed E-state index contributed by atoms with van der Waals surface area (Å²) < 4.78 is 6.82. The van der Waals surface area contributed by atoms with Crippen LogP contribution in [0.2, 0.25) is 0 Å². The molecule has 0 bridgehead atoms. The van der Waals surface area contributed by atoms with Gasteiger partial charge in [0.2, 0.25) is 0 Å². The largest absolute Gasteiger partial charge is 0.487 e. The molecule has 0 amide bonds. The normalized spacial score (nSPS) is 10.4. The summed E-state index contributed by atoms with van der Waals surface area (Å²) in [7, 11) is 0. The Balaban J connectivity index is 2.06. The summed E-state index contributed by atoms with van der Waals surface area (Å²) in [5.74, 6) is 0.857. The van der Waals surface area contributed by atoms with Crippen LogP contribution in [0.25, 0.3) is 0 Å². The molecular weight excluding hydrogens is 358 g/mol. The van der Waals surface area contributed by atoms with Gasteiger partial charge in [0.05, 0.1) is 5.69 Å². The molecule has 0 aliphatic heterocycles. The Labute approximate surface area is 124 Å². The van der Waals surface area contributed by atoms with Crippen molar-refractivity contribution in [3.05, 3.63) is 57.8 Å². The monoisotopic (exact) mass is 369 g/mol. The van der Waals surface area contributed by atoms with Crippen molar-refractivity contribution in [3.8, 4) is 5.75 Å². The highest BCUT2D eigenvalue weighted by atomic mass is 79.9. The van der Waals surface area contributed by atoms with Gasteiger partial charge in [-0.2, -0.15) is 0 Å². The first-order valence-electron chi connectivity index (χ1n) is 5.59. The van der Waals surface area contributed by atoms with Crippen LogP contribution in [-0.4, -0.2) is 4.98 Å². The molecule has 0 saturated carbocycles. The fourth-order valence-corrected chi connectivity index (χ4v) is 2.81. The van der Waals surface area contributed by atoms with Crippen LogP contribution in [0.1, 0.15) is 17.0 Å². The van der Waals surface area contributed by atoms with Crippen LogP contribution in [0.3, 0.4) is 0 Å². The van der Waals surface area contributed by atoms with Gasteiger partial charge in [-0.1, -0.05) is 37.9 Å². The zero-order valence-corrected chi connectivity index (χ0v) is 13.2. The van der Waals surface area contributed by atoms with E-state index in [1.54, 1.807) is 0 Å². The molecule has 0 atom stereocenters. The number of alkyl halides is 1. The molecule has 1 aromatic carbocycles. The van der Waals surface area contributed by atoms with Crippen LogP contribution in [0.15, 0.2) is 40.9 Å². The van der Waals surface area contributed by atoms with E-state index in [0.717, 1.165) is 26.9 Å². The van der Waals surface area contributed by atoms with Crippen LogP contribution in [-0.2, 0) is 11.9 Å². The zero-order valence-electron chi connectivity index (χ0n) is 9.99. The first kappa shape index (κ1) is 13.6. The molecule has 0 spiro atoms. The Morgan fingerprint density at radius 2 is 2.06 bits per heavy atom. The molecule has 2 rings (SSSR count). The summed E-state index contributed by atoms with van der Waals surface area (Å²) in [6.45, 7) is 2.47. The van der Waals surface area contributed by atoms with E-state index >= 15 is 0 Å². The smallest absolute Gasteiger partial charge is 0.130 e. The van der Waals surface area contributed by atoms with Gasteiger partial charge >= 0.3 is 0 Å². The maximum Gasteiger partial charge on any atom is 0.130 e. The van der Waals surface area contributed by atoms with Gasteiger partial charge < -0.3 is 4.74 Å². The Morgan fingerprint density at radius 1 is 1.22 bits per heavy atom. The molecule has 0 unspecified atom stereocenters. The van der Waals surface area contributed by atoms with E-state index in [9.17, 15) is 0 Å². The van der Waals surface area contributed by atoms with Crippen molar-refractivity contribution in [2.75, 3.05) is 0 Å². The van der Waals surface area contributed by atoms with E-state index in [1.165, 1.54) is 5.56 Å². The zero-order chi connectivity index (χ0) is 13.0. The first-order chi connectivity index (χ1) is 8.69. The van der Waals surface area contributed by atoms with Gasteiger partial charge in [0.15, 0.2) is 0 Å². The average Bonchev–Trinajstić information content (AvgIpc) is 2.38. The number of hydrogen-bond acceptors (Lipinski definition) is 2. The second kappa shape index (κ2) is 6.34. The maximum absolute atomic E-state index is 5.74. The van der Waals surface area contributed by atoms with Gasteiger partial charge in [0.1, 0.15) is 12.4 Å². The second-order valence-corrected chi connectivity index (χ2v) is 5.36. The molecule has 2 nitrogen and oxygen atoms in total. The molecule has 18 heavy (non-hydrogen) atoms. The first-order valence-corrected chi connectivity index (χ1v) is 7.50. The number of ether oxygens (including phenoxy) is 1. The number of hydrogen-bond donors (Lipinski definition) is 0. The van der Waals surface area contributed by atoms with Crippen molar-refractivity contribution < 1.29 is 4.74 Å². The third-order valence-corrected chi connectivity index (χ3v) is 3.87. The molecule has 1 heterocycles. The fourth-order valence-electron chi connectivity index (χ4n) is 1.58. The van der Waals surface area contributed by atoms with E-state index in [1.807, 2.05) is 43.3 Å². The maximum atomic E-state index is 5.74. The van der Waals surface area contributed by atoms with Gasteiger partial charge in [-0.15, -0.1) is 0 Å². The average molecular weight is 371 g/mol. The lowest BCUT2D eigenvalue weighted by atomic mass is 10.2. The van der Waals surface area contributed by atoms with Gasteiger partial charge in [-0.3, -0.25) is 4.98 Å². The number of halogens is 2. The molecule has 0 radical (unpaired) electrons. The Morgan fingerprint density at radius 3 is 2.78 bits per heavy atom. The molecular formula is C14H13Br2NO. The number of rotatable bonds is 4. The molecule has 0 saturated heterocycles. The number of nitrogens with zero attached hydrogens (tertiary/aromatic N) is 1. The lowest BCUT2D eigenvalue weighted by Gasteiger charge is -2.08. The van der Waals surface area contributed by atoms with Crippen LogP contribution in [0.5, 0.6) is 5.75 Å². The molecule has 0 aliphatic rings. The topological polar surface area (TPSA) is 22.1 Å². The minimum Gasteiger partial charge on any atom is -0.487 e. The Hall–Kier alpha value is -0.870. The van der Waals surface area contributed by atoms with Crippen molar-refractivity contribution >= 4 is 31.9 Å². The summed E-state index contributed by atoms with van der Waals surface area (Å²) in [6, 6.07) is 11.9. The summed E-state index contributed by atoms with van der Waals surface area (Å²) >= 11 is 6.95. The van der Waals surface area contributed by atoms with Crippen molar-refractivity contribution in [1.82, 2.24) is 4.98 Å².